The van der Waals surface area contributed by atoms with Gasteiger partial charge >= 0.3 is 0 Å². The van der Waals surface area contributed by atoms with E-state index in [1.165, 1.54) is 5.56 Å². The van der Waals surface area contributed by atoms with E-state index >= 15 is 0 Å². The second-order valence-electron chi connectivity index (χ2n) is 5.46. The van der Waals surface area contributed by atoms with Gasteiger partial charge in [0.2, 0.25) is 0 Å². The number of aromatic hydroxyl groups is 1. The van der Waals surface area contributed by atoms with Gasteiger partial charge in [0, 0.05) is 22.1 Å². The molecule has 0 aliphatic heterocycles. The number of benzene rings is 2. The van der Waals surface area contributed by atoms with Gasteiger partial charge in [-0.3, -0.25) is 0 Å². The van der Waals surface area contributed by atoms with Crippen LogP contribution in [0.1, 0.15) is 49.0 Å². The first-order valence-corrected chi connectivity index (χ1v) is 8.11. The van der Waals surface area contributed by atoms with Crippen LogP contribution in [0.25, 0.3) is 0 Å². The molecule has 3 heteroatoms. The van der Waals surface area contributed by atoms with Crippen molar-refractivity contribution in [2.24, 2.45) is 0 Å². The van der Waals surface area contributed by atoms with Crippen LogP contribution in [0.3, 0.4) is 0 Å². The molecule has 0 saturated heterocycles. The second kappa shape index (κ2) is 7.10. The van der Waals surface area contributed by atoms with Crippen LogP contribution in [-0.4, -0.2) is 5.11 Å². The Bertz CT molecular complexity index is 595. The highest BCUT2D eigenvalue weighted by molar-refractivity contribution is 9.10. The predicted molar refractivity (Wildman–Crippen MR) is 91.6 cm³/mol. The average molecular weight is 348 g/mol. The van der Waals surface area contributed by atoms with Gasteiger partial charge in [0.15, 0.2) is 0 Å². The van der Waals surface area contributed by atoms with Gasteiger partial charge in [0.1, 0.15) is 5.75 Å². The van der Waals surface area contributed by atoms with Crippen LogP contribution in [-0.2, 0) is 0 Å². The first-order chi connectivity index (χ1) is 10.0. The van der Waals surface area contributed by atoms with E-state index < -0.39 is 0 Å². The third-order valence-corrected chi connectivity index (χ3v) is 4.31. The fourth-order valence-electron chi connectivity index (χ4n) is 2.56. The zero-order valence-electron chi connectivity index (χ0n) is 12.7. The molecule has 0 radical (unpaired) electrons. The van der Waals surface area contributed by atoms with E-state index in [4.69, 9.17) is 0 Å². The van der Waals surface area contributed by atoms with Crippen molar-refractivity contribution in [1.29, 1.82) is 0 Å². The summed E-state index contributed by atoms with van der Waals surface area (Å²) in [5.74, 6) is 0.362. The van der Waals surface area contributed by atoms with Gasteiger partial charge in [-0.15, -0.1) is 0 Å². The van der Waals surface area contributed by atoms with Crippen LogP contribution in [0.15, 0.2) is 46.9 Å². The Labute approximate surface area is 135 Å². The maximum absolute atomic E-state index is 10.1. The molecular weight excluding hydrogens is 326 g/mol. The minimum Gasteiger partial charge on any atom is -0.508 e. The first kappa shape index (κ1) is 16.1. The lowest BCUT2D eigenvalue weighted by Gasteiger charge is -2.24. The number of phenols is 1. The summed E-state index contributed by atoms with van der Waals surface area (Å²) in [5, 5.41) is 13.7. The molecule has 0 aliphatic rings. The number of halogens is 1. The molecule has 112 valence electrons. The molecule has 0 amide bonds. The molecule has 2 atom stereocenters. The van der Waals surface area contributed by atoms with E-state index in [9.17, 15) is 5.11 Å². The molecule has 0 spiro atoms. The van der Waals surface area contributed by atoms with E-state index in [0.717, 1.165) is 22.0 Å². The highest BCUT2D eigenvalue weighted by atomic mass is 79.9. The van der Waals surface area contributed by atoms with Gasteiger partial charge in [-0.2, -0.15) is 0 Å². The summed E-state index contributed by atoms with van der Waals surface area (Å²) in [6, 6.07) is 14.6. The van der Waals surface area contributed by atoms with Crippen LogP contribution in [0.2, 0.25) is 0 Å². The predicted octanol–water partition coefficient (Wildman–Crippen LogP) is 5.27. The zero-order valence-corrected chi connectivity index (χ0v) is 14.3. The average Bonchev–Trinajstić information content (AvgIpc) is 2.45. The van der Waals surface area contributed by atoms with Crippen LogP contribution in [0.4, 0.5) is 0 Å². The lowest BCUT2D eigenvalue weighted by molar-refractivity contribution is 0.424. The highest BCUT2D eigenvalue weighted by Crippen LogP contribution is 2.28. The van der Waals surface area contributed by atoms with Crippen molar-refractivity contribution in [3.63, 3.8) is 0 Å². The maximum atomic E-state index is 10.1. The molecule has 2 N–H and O–H groups in total. The summed E-state index contributed by atoms with van der Waals surface area (Å²) in [6.07, 6.45) is 0.999. The molecule has 2 unspecified atom stereocenters. The summed E-state index contributed by atoms with van der Waals surface area (Å²) in [4.78, 5) is 0. The van der Waals surface area contributed by atoms with E-state index in [1.54, 1.807) is 0 Å². The smallest absolute Gasteiger partial charge is 0.120 e. The van der Waals surface area contributed by atoms with Crippen molar-refractivity contribution < 1.29 is 5.11 Å². The lowest BCUT2D eigenvalue weighted by Crippen LogP contribution is -2.24. The highest BCUT2D eigenvalue weighted by Gasteiger charge is 2.16. The van der Waals surface area contributed by atoms with Gasteiger partial charge in [-0.25, -0.2) is 0 Å². The van der Waals surface area contributed by atoms with E-state index in [0.29, 0.717) is 5.75 Å². The van der Waals surface area contributed by atoms with Crippen molar-refractivity contribution in [3.8, 4) is 5.75 Å². The molecule has 2 aromatic carbocycles. The number of hydrogen-bond acceptors (Lipinski definition) is 2. The molecule has 21 heavy (non-hydrogen) atoms. The Morgan fingerprint density at radius 2 is 1.81 bits per heavy atom. The molecule has 2 aromatic rings. The number of rotatable bonds is 5. The number of hydrogen-bond donors (Lipinski definition) is 2. The summed E-state index contributed by atoms with van der Waals surface area (Å²) >= 11 is 3.47. The lowest BCUT2D eigenvalue weighted by atomic mass is 10.00. The molecule has 0 aromatic heterocycles. The largest absolute Gasteiger partial charge is 0.508 e. The monoisotopic (exact) mass is 347 g/mol. The summed E-state index contributed by atoms with van der Waals surface area (Å²) in [6.45, 7) is 6.24. The minimum atomic E-state index is 0.0965. The fourth-order valence-corrected chi connectivity index (χ4v) is 2.82. The molecule has 0 fully saturated rings. The Balaban J connectivity index is 2.15. The molecule has 0 aliphatic carbocycles. The SMILES string of the molecule is CCC(NC(C)c1ccc(C)cc1O)c1ccc(Br)cc1. The Morgan fingerprint density at radius 3 is 2.38 bits per heavy atom. The summed E-state index contributed by atoms with van der Waals surface area (Å²) < 4.78 is 1.09. The van der Waals surface area contributed by atoms with E-state index in [1.807, 2.05) is 25.1 Å². The normalized spacial score (nSPS) is 13.9. The minimum absolute atomic E-state index is 0.0965. The molecule has 0 bridgehead atoms. The summed E-state index contributed by atoms with van der Waals surface area (Å²) in [5.41, 5.74) is 3.28. The van der Waals surface area contributed by atoms with Crippen LogP contribution in [0.5, 0.6) is 5.75 Å². The molecule has 0 saturated carbocycles. The fraction of sp³-hybridized carbons (Fsp3) is 0.333. The second-order valence-corrected chi connectivity index (χ2v) is 6.38. The van der Waals surface area contributed by atoms with Gasteiger partial charge in [-0.1, -0.05) is 47.1 Å². The van der Waals surface area contributed by atoms with Crippen LogP contribution >= 0.6 is 15.9 Å². The van der Waals surface area contributed by atoms with Crippen molar-refractivity contribution in [2.45, 2.75) is 39.3 Å². The van der Waals surface area contributed by atoms with Crippen molar-refractivity contribution in [3.05, 3.63) is 63.6 Å². The van der Waals surface area contributed by atoms with Crippen molar-refractivity contribution >= 4 is 15.9 Å². The van der Waals surface area contributed by atoms with E-state index in [2.05, 4.69) is 59.4 Å². The number of nitrogens with one attached hydrogen (secondary N) is 1. The maximum Gasteiger partial charge on any atom is 0.120 e. The standard InChI is InChI=1S/C18H22BrNO/c1-4-17(14-6-8-15(19)9-7-14)20-13(3)16-10-5-12(2)11-18(16)21/h5-11,13,17,20-21H,4H2,1-3H3. The quantitative estimate of drug-likeness (QED) is 0.772. The summed E-state index contributed by atoms with van der Waals surface area (Å²) in [7, 11) is 0. The third-order valence-electron chi connectivity index (χ3n) is 3.78. The van der Waals surface area contributed by atoms with Crippen molar-refractivity contribution in [2.75, 3.05) is 0 Å². The number of phenolic OH excluding ortho intramolecular Hbond substituents is 1. The number of aryl methyl sites for hydroxylation is 1. The van der Waals surface area contributed by atoms with Crippen LogP contribution < -0.4 is 5.32 Å². The zero-order chi connectivity index (χ0) is 15.4. The van der Waals surface area contributed by atoms with Crippen molar-refractivity contribution in [1.82, 2.24) is 5.32 Å². The third kappa shape index (κ3) is 4.08. The molecule has 2 nitrogen and oxygen atoms in total. The van der Waals surface area contributed by atoms with Gasteiger partial charge < -0.3 is 10.4 Å². The topological polar surface area (TPSA) is 32.3 Å². The van der Waals surface area contributed by atoms with E-state index in [-0.39, 0.29) is 12.1 Å². The Hall–Kier alpha value is -1.32. The van der Waals surface area contributed by atoms with Gasteiger partial charge in [0.05, 0.1) is 0 Å². The van der Waals surface area contributed by atoms with Gasteiger partial charge in [0.25, 0.3) is 0 Å². The molecular formula is C18H22BrNO. The first-order valence-electron chi connectivity index (χ1n) is 7.32. The molecule has 0 heterocycles. The van der Waals surface area contributed by atoms with Crippen LogP contribution in [0, 0.1) is 6.92 Å². The Kier molecular flexibility index (Phi) is 5.43. The molecule has 2 rings (SSSR count). The Morgan fingerprint density at radius 1 is 1.14 bits per heavy atom. The van der Waals surface area contributed by atoms with Gasteiger partial charge in [-0.05, 0) is 49.6 Å².